The Kier molecular flexibility index (Phi) is 4.34. The molecule has 0 aliphatic heterocycles. The standard InChI is InChI=1S/C14H14BrN3O2/c1-9-3-4-11(16-7-9)8-17-13-6-14(18(19)20)10(2)5-12(13)15/h3-7,17H,8H2,1-2H3. The average Bonchev–Trinajstić information content (AvgIpc) is 2.39. The minimum Gasteiger partial charge on any atom is -0.378 e. The predicted octanol–water partition coefficient (Wildman–Crippen LogP) is 3.98. The summed E-state index contributed by atoms with van der Waals surface area (Å²) in [4.78, 5) is 14.9. The second-order valence-corrected chi connectivity index (χ2v) is 5.41. The Labute approximate surface area is 125 Å². The molecule has 0 bridgehead atoms. The number of anilines is 1. The van der Waals surface area contributed by atoms with Gasteiger partial charge in [0.2, 0.25) is 0 Å². The maximum absolute atomic E-state index is 10.9. The average molecular weight is 336 g/mol. The lowest BCUT2D eigenvalue weighted by Crippen LogP contribution is -2.03. The summed E-state index contributed by atoms with van der Waals surface area (Å²) in [6.45, 7) is 4.21. The first-order valence-electron chi connectivity index (χ1n) is 6.07. The van der Waals surface area contributed by atoms with Crippen molar-refractivity contribution < 1.29 is 4.92 Å². The van der Waals surface area contributed by atoms with Gasteiger partial charge in [0.15, 0.2) is 0 Å². The lowest BCUT2D eigenvalue weighted by Gasteiger charge is -2.09. The van der Waals surface area contributed by atoms with Gasteiger partial charge in [0.25, 0.3) is 5.69 Å². The van der Waals surface area contributed by atoms with Gasteiger partial charge >= 0.3 is 0 Å². The molecule has 1 aromatic carbocycles. The molecule has 0 spiro atoms. The molecule has 104 valence electrons. The zero-order valence-electron chi connectivity index (χ0n) is 11.2. The number of nitrogens with zero attached hydrogens (tertiary/aromatic N) is 2. The van der Waals surface area contributed by atoms with Gasteiger partial charge in [-0.2, -0.15) is 0 Å². The summed E-state index contributed by atoms with van der Waals surface area (Å²) >= 11 is 3.41. The van der Waals surface area contributed by atoms with E-state index in [0.29, 0.717) is 17.8 Å². The van der Waals surface area contributed by atoms with Gasteiger partial charge in [-0.3, -0.25) is 15.1 Å². The van der Waals surface area contributed by atoms with Crippen molar-refractivity contribution >= 4 is 27.3 Å². The molecule has 1 aromatic heterocycles. The number of benzene rings is 1. The number of halogens is 1. The molecule has 20 heavy (non-hydrogen) atoms. The second kappa shape index (κ2) is 6.00. The van der Waals surface area contributed by atoms with Crippen molar-refractivity contribution in [1.29, 1.82) is 0 Å². The largest absolute Gasteiger partial charge is 0.378 e. The molecule has 0 amide bonds. The van der Waals surface area contributed by atoms with Crippen molar-refractivity contribution in [3.63, 3.8) is 0 Å². The lowest BCUT2D eigenvalue weighted by molar-refractivity contribution is -0.385. The highest BCUT2D eigenvalue weighted by Gasteiger charge is 2.14. The van der Waals surface area contributed by atoms with E-state index >= 15 is 0 Å². The van der Waals surface area contributed by atoms with E-state index in [4.69, 9.17) is 0 Å². The van der Waals surface area contributed by atoms with E-state index in [2.05, 4.69) is 26.2 Å². The van der Waals surface area contributed by atoms with E-state index in [1.54, 1.807) is 19.2 Å². The normalized spacial score (nSPS) is 10.3. The first-order valence-corrected chi connectivity index (χ1v) is 6.86. The smallest absolute Gasteiger partial charge is 0.274 e. The van der Waals surface area contributed by atoms with Crippen LogP contribution in [-0.2, 0) is 6.54 Å². The topological polar surface area (TPSA) is 68.1 Å². The van der Waals surface area contributed by atoms with Crippen LogP contribution in [0.2, 0.25) is 0 Å². The third-order valence-corrected chi connectivity index (χ3v) is 3.57. The number of nitrogens with one attached hydrogen (secondary N) is 1. The number of aromatic nitrogens is 1. The summed E-state index contributed by atoms with van der Waals surface area (Å²) in [6.07, 6.45) is 1.80. The van der Waals surface area contributed by atoms with Gasteiger partial charge in [-0.25, -0.2) is 0 Å². The van der Waals surface area contributed by atoms with Gasteiger partial charge in [0, 0.05) is 22.3 Å². The van der Waals surface area contributed by atoms with Crippen molar-refractivity contribution in [2.45, 2.75) is 20.4 Å². The van der Waals surface area contributed by atoms with Crippen LogP contribution in [0.3, 0.4) is 0 Å². The molecule has 0 fully saturated rings. The predicted molar refractivity (Wildman–Crippen MR) is 81.8 cm³/mol. The van der Waals surface area contributed by atoms with E-state index in [1.165, 1.54) is 6.07 Å². The molecule has 0 saturated carbocycles. The van der Waals surface area contributed by atoms with Gasteiger partial charge in [-0.1, -0.05) is 6.07 Å². The van der Waals surface area contributed by atoms with Gasteiger partial charge in [-0.15, -0.1) is 0 Å². The number of nitro benzene ring substituents is 1. The number of nitro groups is 1. The van der Waals surface area contributed by atoms with E-state index in [1.807, 2.05) is 19.1 Å². The van der Waals surface area contributed by atoms with Gasteiger partial charge in [0.1, 0.15) is 0 Å². The molecule has 6 heteroatoms. The Morgan fingerprint density at radius 3 is 2.70 bits per heavy atom. The van der Waals surface area contributed by atoms with Gasteiger partial charge < -0.3 is 5.32 Å². The van der Waals surface area contributed by atoms with Crippen LogP contribution < -0.4 is 5.32 Å². The molecule has 0 saturated heterocycles. The molecule has 0 atom stereocenters. The van der Waals surface area contributed by atoms with Gasteiger partial charge in [-0.05, 0) is 47.5 Å². The number of pyridine rings is 1. The van der Waals surface area contributed by atoms with Crippen molar-refractivity contribution in [1.82, 2.24) is 4.98 Å². The van der Waals surface area contributed by atoms with Crippen LogP contribution in [0.15, 0.2) is 34.9 Å². The molecule has 0 radical (unpaired) electrons. The van der Waals surface area contributed by atoms with Crippen molar-refractivity contribution in [3.8, 4) is 0 Å². The number of rotatable bonds is 4. The van der Waals surface area contributed by atoms with Crippen LogP contribution in [0, 0.1) is 24.0 Å². The zero-order chi connectivity index (χ0) is 14.7. The van der Waals surface area contributed by atoms with Crippen molar-refractivity contribution in [3.05, 3.63) is 61.9 Å². The highest BCUT2D eigenvalue weighted by Crippen LogP contribution is 2.30. The van der Waals surface area contributed by atoms with E-state index < -0.39 is 0 Å². The Hall–Kier alpha value is -1.95. The summed E-state index contributed by atoms with van der Waals surface area (Å²) in [5.41, 5.74) is 3.39. The van der Waals surface area contributed by atoms with Gasteiger partial charge in [0.05, 0.1) is 22.8 Å². The minimum absolute atomic E-state index is 0.104. The second-order valence-electron chi connectivity index (χ2n) is 4.56. The fourth-order valence-corrected chi connectivity index (χ4v) is 2.38. The molecule has 2 aromatic rings. The maximum atomic E-state index is 10.9. The maximum Gasteiger partial charge on any atom is 0.274 e. The SMILES string of the molecule is Cc1ccc(CNc2cc([N+](=O)[O-])c(C)cc2Br)nc1. The van der Waals surface area contributed by atoms with Crippen molar-refractivity contribution in [2.24, 2.45) is 0 Å². The highest BCUT2D eigenvalue weighted by molar-refractivity contribution is 9.10. The monoisotopic (exact) mass is 335 g/mol. The highest BCUT2D eigenvalue weighted by atomic mass is 79.9. The Morgan fingerprint density at radius 1 is 1.35 bits per heavy atom. The molecule has 1 N–H and O–H groups in total. The fraction of sp³-hybridized carbons (Fsp3) is 0.214. The van der Waals surface area contributed by atoms with E-state index in [-0.39, 0.29) is 10.6 Å². The molecule has 0 aliphatic rings. The summed E-state index contributed by atoms with van der Waals surface area (Å²) < 4.78 is 0.799. The minimum atomic E-state index is -0.378. The molecular formula is C14H14BrN3O2. The van der Waals surface area contributed by atoms with Crippen LogP contribution in [0.4, 0.5) is 11.4 Å². The first kappa shape index (κ1) is 14.5. The molecule has 2 rings (SSSR count). The molecule has 5 nitrogen and oxygen atoms in total. The van der Waals surface area contributed by atoms with Crippen LogP contribution in [-0.4, -0.2) is 9.91 Å². The summed E-state index contributed by atoms with van der Waals surface area (Å²) in [7, 11) is 0. The fourth-order valence-electron chi connectivity index (χ4n) is 1.78. The third kappa shape index (κ3) is 3.33. The van der Waals surface area contributed by atoms with E-state index in [0.717, 1.165) is 15.7 Å². The summed E-state index contributed by atoms with van der Waals surface area (Å²) in [6, 6.07) is 7.19. The van der Waals surface area contributed by atoms with Crippen molar-refractivity contribution in [2.75, 3.05) is 5.32 Å². The Morgan fingerprint density at radius 2 is 2.10 bits per heavy atom. The summed E-state index contributed by atoms with van der Waals surface area (Å²) in [5.74, 6) is 0. The van der Waals surface area contributed by atoms with Crippen LogP contribution in [0.5, 0.6) is 0 Å². The Bertz CT molecular complexity index is 642. The van der Waals surface area contributed by atoms with Crippen LogP contribution in [0.1, 0.15) is 16.8 Å². The summed E-state index contributed by atoms with van der Waals surface area (Å²) in [5, 5.41) is 14.1. The molecule has 0 aliphatic carbocycles. The zero-order valence-corrected chi connectivity index (χ0v) is 12.8. The number of hydrogen-bond donors (Lipinski definition) is 1. The first-order chi connectivity index (χ1) is 9.47. The van der Waals surface area contributed by atoms with Crippen LogP contribution >= 0.6 is 15.9 Å². The quantitative estimate of drug-likeness (QED) is 0.677. The number of aryl methyl sites for hydroxylation is 2. The Balaban J connectivity index is 2.18. The molecule has 1 heterocycles. The molecular weight excluding hydrogens is 322 g/mol. The third-order valence-electron chi connectivity index (χ3n) is 2.91. The number of hydrogen-bond acceptors (Lipinski definition) is 4. The van der Waals surface area contributed by atoms with Crippen LogP contribution in [0.25, 0.3) is 0 Å². The lowest BCUT2D eigenvalue weighted by atomic mass is 10.2. The van der Waals surface area contributed by atoms with E-state index in [9.17, 15) is 10.1 Å². The molecule has 0 unspecified atom stereocenters.